The number of amides is 1. The van der Waals surface area contributed by atoms with E-state index in [9.17, 15) is 4.79 Å². The van der Waals surface area contributed by atoms with E-state index in [4.69, 9.17) is 9.47 Å². The predicted octanol–water partition coefficient (Wildman–Crippen LogP) is 3.60. The first-order valence-electron chi connectivity index (χ1n) is 9.84. The number of para-hydroxylation sites is 1. The van der Waals surface area contributed by atoms with Crippen molar-refractivity contribution in [1.29, 1.82) is 0 Å². The summed E-state index contributed by atoms with van der Waals surface area (Å²) in [4.78, 5) is 17.1. The minimum Gasteiger partial charge on any atom is -0.493 e. The van der Waals surface area contributed by atoms with Crippen LogP contribution in [0.5, 0.6) is 11.5 Å². The van der Waals surface area contributed by atoms with E-state index in [1.807, 2.05) is 23.1 Å². The molecule has 1 heterocycles. The SMILES string of the molecule is COc1cccc(CCC(=O)N2CCN(c3cccc(C)c3C)CC2)c1OC. The second kappa shape index (κ2) is 9.00. The average Bonchev–Trinajstić information content (AvgIpc) is 2.73. The summed E-state index contributed by atoms with van der Waals surface area (Å²) in [6.07, 6.45) is 1.13. The van der Waals surface area contributed by atoms with Gasteiger partial charge in [-0.1, -0.05) is 24.3 Å². The molecule has 150 valence electrons. The van der Waals surface area contributed by atoms with Crippen molar-refractivity contribution in [3.05, 3.63) is 53.1 Å². The summed E-state index contributed by atoms with van der Waals surface area (Å²) >= 11 is 0. The lowest BCUT2D eigenvalue weighted by Gasteiger charge is -2.37. The Morgan fingerprint density at radius 3 is 2.36 bits per heavy atom. The van der Waals surface area contributed by atoms with Crippen molar-refractivity contribution < 1.29 is 14.3 Å². The molecule has 1 aliphatic heterocycles. The highest BCUT2D eigenvalue weighted by molar-refractivity contribution is 5.77. The molecule has 0 aliphatic carbocycles. The molecule has 0 spiro atoms. The summed E-state index contributed by atoms with van der Waals surface area (Å²) in [6.45, 7) is 7.59. The first-order valence-corrected chi connectivity index (χ1v) is 9.84. The molecule has 1 aliphatic rings. The number of methoxy groups -OCH3 is 2. The highest BCUT2D eigenvalue weighted by Crippen LogP contribution is 2.31. The van der Waals surface area contributed by atoms with Crippen LogP contribution >= 0.6 is 0 Å². The highest BCUT2D eigenvalue weighted by Gasteiger charge is 2.22. The number of benzene rings is 2. The van der Waals surface area contributed by atoms with Gasteiger partial charge in [0, 0.05) is 38.3 Å². The number of anilines is 1. The van der Waals surface area contributed by atoms with Gasteiger partial charge in [-0.05, 0) is 49.1 Å². The predicted molar refractivity (Wildman–Crippen MR) is 113 cm³/mol. The van der Waals surface area contributed by atoms with Crippen LogP contribution in [0.4, 0.5) is 5.69 Å². The molecule has 0 bridgehead atoms. The Kier molecular flexibility index (Phi) is 6.45. The number of hydrogen-bond donors (Lipinski definition) is 0. The molecule has 1 amide bonds. The Labute approximate surface area is 167 Å². The normalized spacial score (nSPS) is 14.1. The summed E-state index contributed by atoms with van der Waals surface area (Å²) < 4.78 is 10.8. The van der Waals surface area contributed by atoms with Gasteiger partial charge in [0.1, 0.15) is 0 Å². The van der Waals surface area contributed by atoms with E-state index in [1.54, 1.807) is 14.2 Å². The quantitative estimate of drug-likeness (QED) is 0.766. The third-order valence-electron chi connectivity index (χ3n) is 5.64. The van der Waals surface area contributed by atoms with E-state index < -0.39 is 0 Å². The van der Waals surface area contributed by atoms with Gasteiger partial charge >= 0.3 is 0 Å². The summed E-state index contributed by atoms with van der Waals surface area (Å²) in [7, 11) is 3.26. The molecule has 0 radical (unpaired) electrons. The lowest BCUT2D eigenvalue weighted by molar-refractivity contribution is -0.131. The number of carbonyl (C=O) groups excluding carboxylic acids is 1. The number of hydrogen-bond acceptors (Lipinski definition) is 4. The van der Waals surface area contributed by atoms with Gasteiger partial charge in [0.25, 0.3) is 0 Å². The van der Waals surface area contributed by atoms with Gasteiger partial charge in [-0.2, -0.15) is 0 Å². The average molecular weight is 383 g/mol. The van der Waals surface area contributed by atoms with Crippen LogP contribution in [0.1, 0.15) is 23.1 Å². The van der Waals surface area contributed by atoms with Gasteiger partial charge in [0.15, 0.2) is 11.5 Å². The van der Waals surface area contributed by atoms with Crippen molar-refractivity contribution in [1.82, 2.24) is 4.90 Å². The highest BCUT2D eigenvalue weighted by atomic mass is 16.5. The molecule has 0 saturated carbocycles. The van der Waals surface area contributed by atoms with Crippen LogP contribution < -0.4 is 14.4 Å². The molecule has 0 atom stereocenters. The maximum atomic E-state index is 12.7. The van der Waals surface area contributed by atoms with E-state index >= 15 is 0 Å². The van der Waals surface area contributed by atoms with Crippen LogP contribution in [-0.2, 0) is 11.2 Å². The summed E-state index contributed by atoms with van der Waals surface area (Å²) in [5.41, 5.74) is 4.92. The van der Waals surface area contributed by atoms with Crippen LogP contribution in [0, 0.1) is 13.8 Å². The second-order valence-electron chi connectivity index (χ2n) is 7.24. The van der Waals surface area contributed by atoms with Crippen molar-refractivity contribution >= 4 is 11.6 Å². The standard InChI is InChI=1S/C23H30N2O3/c1-17-7-5-9-20(18(17)2)24-13-15-25(16-14-24)22(26)12-11-19-8-6-10-21(27-3)23(19)28-4/h5-10H,11-16H2,1-4H3. The van der Waals surface area contributed by atoms with Crippen LogP contribution in [0.2, 0.25) is 0 Å². The Bertz CT molecular complexity index is 827. The van der Waals surface area contributed by atoms with Crippen molar-refractivity contribution in [3.8, 4) is 11.5 Å². The Balaban J connectivity index is 1.57. The molecular formula is C23H30N2O3. The minimum absolute atomic E-state index is 0.200. The molecular weight excluding hydrogens is 352 g/mol. The van der Waals surface area contributed by atoms with Gasteiger partial charge in [-0.15, -0.1) is 0 Å². The maximum absolute atomic E-state index is 12.7. The van der Waals surface area contributed by atoms with Crippen molar-refractivity contribution in [2.45, 2.75) is 26.7 Å². The van der Waals surface area contributed by atoms with E-state index in [1.165, 1.54) is 16.8 Å². The lowest BCUT2D eigenvalue weighted by Crippen LogP contribution is -2.49. The van der Waals surface area contributed by atoms with E-state index in [0.29, 0.717) is 18.6 Å². The van der Waals surface area contributed by atoms with Crippen LogP contribution in [0.25, 0.3) is 0 Å². The van der Waals surface area contributed by atoms with Gasteiger partial charge in [0.2, 0.25) is 5.91 Å². The zero-order valence-electron chi connectivity index (χ0n) is 17.3. The fraction of sp³-hybridized carbons (Fsp3) is 0.435. The molecule has 28 heavy (non-hydrogen) atoms. The molecule has 5 nitrogen and oxygen atoms in total. The second-order valence-corrected chi connectivity index (χ2v) is 7.24. The minimum atomic E-state index is 0.200. The zero-order valence-corrected chi connectivity index (χ0v) is 17.3. The zero-order chi connectivity index (χ0) is 20.1. The number of ether oxygens (including phenoxy) is 2. The summed E-state index contributed by atoms with van der Waals surface area (Å²) in [6, 6.07) is 12.2. The number of piperazine rings is 1. The molecule has 1 saturated heterocycles. The summed E-state index contributed by atoms with van der Waals surface area (Å²) in [5.74, 6) is 1.62. The molecule has 2 aromatic rings. The number of nitrogens with zero attached hydrogens (tertiary/aromatic N) is 2. The number of aryl methyl sites for hydroxylation is 2. The van der Waals surface area contributed by atoms with Gasteiger partial charge in [-0.3, -0.25) is 4.79 Å². The molecule has 0 aromatic heterocycles. The monoisotopic (exact) mass is 382 g/mol. The molecule has 5 heteroatoms. The fourth-order valence-corrected chi connectivity index (χ4v) is 3.83. The van der Waals surface area contributed by atoms with Crippen molar-refractivity contribution in [3.63, 3.8) is 0 Å². The number of rotatable bonds is 6. The topological polar surface area (TPSA) is 42.0 Å². The van der Waals surface area contributed by atoms with E-state index in [2.05, 4.69) is 36.9 Å². The first-order chi connectivity index (χ1) is 13.5. The fourth-order valence-electron chi connectivity index (χ4n) is 3.83. The number of carbonyl (C=O) groups is 1. The third-order valence-corrected chi connectivity index (χ3v) is 5.64. The third kappa shape index (κ3) is 4.24. The molecule has 3 rings (SSSR count). The molecule has 0 unspecified atom stereocenters. The Hall–Kier alpha value is -2.69. The maximum Gasteiger partial charge on any atom is 0.223 e. The molecule has 1 fully saturated rings. The van der Waals surface area contributed by atoms with E-state index in [0.717, 1.165) is 37.5 Å². The van der Waals surface area contributed by atoms with Gasteiger partial charge < -0.3 is 19.3 Å². The molecule has 2 aromatic carbocycles. The van der Waals surface area contributed by atoms with Crippen molar-refractivity contribution in [2.24, 2.45) is 0 Å². The summed E-state index contributed by atoms with van der Waals surface area (Å²) in [5, 5.41) is 0. The molecule has 0 N–H and O–H groups in total. The van der Waals surface area contributed by atoms with Crippen LogP contribution in [-0.4, -0.2) is 51.2 Å². The Morgan fingerprint density at radius 1 is 0.964 bits per heavy atom. The van der Waals surface area contributed by atoms with Crippen LogP contribution in [0.3, 0.4) is 0 Å². The smallest absolute Gasteiger partial charge is 0.223 e. The van der Waals surface area contributed by atoms with E-state index in [-0.39, 0.29) is 5.91 Å². The van der Waals surface area contributed by atoms with Crippen molar-refractivity contribution in [2.75, 3.05) is 45.3 Å². The van der Waals surface area contributed by atoms with Crippen LogP contribution in [0.15, 0.2) is 36.4 Å². The lowest BCUT2D eigenvalue weighted by atomic mass is 10.1. The largest absolute Gasteiger partial charge is 0.493 e. The first kappa shape index (κ1) is 20.1. The van der Waals surface area contributed by atoms with Gasteiger partial charge in [-0.25, -0.2) is 0 Å². The Morgan fingerprint density at radius 2 is 1.68 bits per heavy atom. The van der Waals surface area contributed by atoms with Gasteiger partial charge in [0.05, 0.1) is 14.2 Å².